The molecule has 1 N–H and O–H groups in total. The maximum absolute atomic E-state index is 13.7. The summed E-state index contributed by atoms with van der Waals surface area (Å²) in [6, 6.07) is 3.16. The number of hydrogen-bond donors (Lipinski definition) is 1. The highest BCUT2D eigenvalue weighted by atomic mass is 79.9. The van der Waals surface area contributed by atoms with Crippen molar-refractivity contribution in [2.24, 2.45) is 0 Å². The number of benzene rings is 1. The van der Waals surface area contributed by atoms with Crippen molar-refractivity contribution in [2.45, 2.75) is 33.6 Å². The van der Waals surface area contributed by atoms with Gasteiger partial charge in [0.05, 0.1) is 4.47 Å². The Labute approximate surface area is 137 Å². The average molecular weight is 373 g/mol. The Bertz CT molecular complexity index is 689. The van der Waals surface area contributed by atoms with Crippen molar-refractivity contribution in [1.82, 2.24) is 9.97 Å². The lowest BCUT2D eigenvalue weighted by Gasteiger charge is -2.15. The van der Waals surface area contributed by atoms with Crippen molar-refractivity contribution in [3.8, 4) is 0 Å². The summed E-state index contributed by atoms with van der Waals surface area (Å²) in [6.07, 6.45) is 0. The van der Waals surface area contributed by atoms with E-state index in [0.717, 1.165) is 11.1 Å². The van der Waals surface area contributed by atoms with Gasteiger partial charge in [0.1, 0.15) is 22.6 Å². The Morgan fingerprint density at radius 1 is 1.24 bits per heavy atom. The zero-order chi connectivity index (χ0) is 15.7. The van der Waals surface area contributed by atoms with Gasteiger partial charge in [-0.3, -0.25) is 0 Å². The van der Waals surface area contributed by atoms with Crippen LogP contribution in [0, 0.1) is 19.7 Å². The summed E-state index contributed by atoms with van der Waals surface area (Å²) in [5.41, 5.74) is 2.30. The molecule has 6 heteroatoms. The molecule has 21 heavy (non-hydrogen) atoms. The number of rotatable bonds is 3. The van der Waals surface area contributed by atoms with Gasteiger partial charge in [0.15, 0.2) is 0 Å². The summed E-state index contributed by atoms with van der Waals surface area (Å²) in [6.45, 7) is 7.72. The molecule has 1 aromatic heterocycles. The molecule has 0 atom stereocenters. The first-order chi connectivity index (χ1) is 9.79. The van der Waals surface area contributed by atoms with Crippen LogP contribution in [0.4, 0.5) is 15.9 Å². The minimum absolute atomic E-state index is 0.159. The lowest BCUT2D eigenvalue weighted by Crippen LogP contribution is -2.06. The number of halogens is 3. The molecule has 0 unspecified atom stereocenters. The second-order valence-electron chi connectivity index (χ2n) is 5.21. The second kappa shape index (κ2) is 6.28. The Morgan fingerprint density at radius 2 is 1.90 bits per heavy atom. The highest BCUT2D eigenvalue weighted by Crippen LogP contribution is 2.29. The molecule has 0 saturated heterocycles. The van der Waals surface area contributed by atoms with Gasteiger partial charge < -0.3 is 5.32 Å². The van der Waals surface area contributed by atoms with Crippen molar-refractivity contribution in [3.05, 3.63) is 44.5 Å². The van der Waals surface area contributed by atoms with Gasteiger partial charge in [-0.25, -0.2) is 14.4 Å². The molecule has 1 aromatic carbocycles. The summed E-state index contributed by atoms with van der Waals surface area (Å²) < 4.78 is 14.1. The van der Waals surface area contributed by atoms with Crippen LogP contribution in [0.1, 0.15) is 36.7 Å². The van der Waals surface area contributed by atoms with Crippen LogP contribution in [0.5, 0.6) is 0 Å². The average Bonchev–Trinajstić information content (AvgIpc) is 2.40. The quantitative estimate of drug-likeness (QED) is 0.721. The molecular formula is C15H16BrClFN3. The Kier molecular flexibility index (Phi) is 4.84. The van der Waals surface area contributed by atoms with Gasteiger partial charge >= 0.3 is 0 Å². The Hall–Kier alpha value is -1.20. The third kappa shape index (κ3) is 3.52. The first-order valence-corrected chi connectivity index (χ1v) is 7.73. The first kappa shape index (κ1) is 16.2. The van der Waals surface area contributed by atoms with Crippen molar-refractivity contribution < 1.29 is 4.39 Å². The number of aromatic nitrogens is 2. The van der Waals surface area contributed by atoms with Crippen molar-refractivity contribution in [2.75, 3.05) is 5.32 Å². The highest BCUT2D eigenvalue weighted by Gasteiger charge is 2.13. The van der Waals surface area contributed by atoms with Gasteiger partial charge in [-0.1, -0.05) is 25.4 Å². The predicted octanol–water partition coefficient (Wildman–Crippen LogP) is 5.52. The molecule has 112 valence electrons. The number of anilines is 2. The van der Waals surface area contributed by atoms with Crippen LogP contribution in [0.15, 0.2) is 16.6 Å². The van der Waals surface area contributed by atoms with E-state index >= 15 is 0 Å². The number of hydrogen-bond acceptors (Lipinski definition) is 3. The standard InChI is InChI=1S/C15H16BrClFN3/c1-7(2)14-20-13(17)9(4)15(21-14)19-12-6-11(18)10(16)5-8(12)3/h5-7H,1-4H3,(H,19,20,21). The summed E-state index contributed by atoms with van der Waals surface area (Å²) in [7, 11) is 0. The molecule has 0 amide bonds. The lowest BCUT2D eigenvalue weighted by atomic mass is 10.2. The molecule has 0 fully saturated rings. The Balaban J connectivity index is 2.46. The summed E-state index contributed by atoms with van der Waals surface area (Å²) in [5, 5.41) is 3.56. The molecule has 0 bridgehead atoms. The minimum atomic E-state index is -0.329. The number of nitrogens with one attached hydrogen (secondary N) is 1. The minimum Gasteiger partial charge on any atom is -0.340 e. The number of aryl methyl sites for hydroxylation is 1. The van der Waals surface area contributed by atoms with Gasteiger partial charge in [-0.05, 0) is 47.5 Å². The molecule has 3 nitrogen and oxygen atoms in total. The van der Waals surface area contributed by atoms with E-state index in [1.807, 2.05) is 27.7 Å². The number of nitrogens with zero attached hydrogens (tertiary/aromatic N) is 2. The molecule has 0 aliphatic heterocycles. The third-order valence-electron chi connectivity index (χ3n) is 3.14. The first-order valence-electron chi connectivity index (χ1n) is 6.56. The predicted molar refractivity (Wildman–Crippen MR) is 88.0 cm³/mol. The molecular weight excluding hydrogens is 357 g/mol. The van der Waals surface area contributed by atoms with E-state index in [1.54, 1.807) is 6.07 Å². The van der Waals surface area contributed by atoms with Crippen LogP contribution < -0.4 is 5.32 Å². The van der Waals surface area contributed by atoms with E-state index in [4.69, 9.17) is 11.6 Å². The maximum Gasteiger partial charge on any atom is 0.139 e. The van der Waals surface area contributed by atoms with Crippen molar-refractivity contribution >= 4 is 39.0 Å². The molecule has 1 heterocycles. The fourth-order valence-corrected chi connectivity index (χ4v) is 2.43. The van der Waals surface area contributed by atoms with Crippen LogP contribution >= 0.6 is 27.5 Å². The van der Waals surface area contributed by atoms with Crippen LogP contribution in [-0.2, 0) is 0 Å². The van der Waals surface area contributed by atoms with Crippen molar-refractivity contribution in [1.29, 1.82) is 0 Å². The molecule has 0 spiro atoms. The third-order valence-corrected chi connectivity index (χ3v) is 4.12. The fraction of sp³-hybridized carbons (Fsp3) is 0.333. The van der Waals surface area contributed by atoms with Crippen LogP contribution in [0.3, 0.4) is 0 Å². The Morgan fingerprint density at radius 3 is 2.52 bits per heavy atom. The fourth-order valence-electron chi connectivity index (χ4n) is 1.79. The molecule has 0 radical (unpaired) electrons. The van der Waals surface area contributed by atoms with Gasteiger partial charge in [-0.2, -0.15) is 0 Å². The highest BCUT2D eigenvalue weighted by molar-refractivity contribution is 9.10. The van der Waals surface area contributed by atoms with Gasteiger partial charge in [0.2, 0.25) is 0 Å². The van der Waals surface area contributed by atoms with Crippen LogP contribution in [0.2, 0.25) is 5.15 Å². The van der Waals surface area contributed by atoms with E-state index in [9.17, 15) is 4.39 Å². The van der Waals surface area contributed by atoms with E-state index in [-0.39, 0.29) is 11.7 Å². The van der Waals surface area contributed by atoms with Crippen LogP contribution in [-0.4, -0.2) is 9.97 Å². The van der Waals surface area contributed by atoms with Crippen LogP contribution in [0.25, 0.3) is 0 Å². The second-order valence-corrected chi connectivity index (χ2v) is 6.42. The molecule has 0 aliphatic rings. The molecule has 0 aliphatic carbocycles. The van der Waals surface area contributed by atoms with E-state index in [0.29, 0.717) is 27.0 Å². The normalized spacial score (nSPS) is 11.0. The van der Waals surface area contributed by atoms with Gasteiger partial charge in [0.25, 0.3) is 0 Å². The summed E-state index contributed by atoms with van der Waals surface area (Å²) in [5.74, 6) is 1.09. The zero-order valence-corrected chi connectivity index (χ0v) is 14.6. The molecule has 2 aromatic rings. The van der Waals surface area contributed by atoms with Gasteiger partial charge in [-0.15, -0.1) is 0 Å². The van der Waals surface area contributed by atoms with E-state index in [2.05, 4.69) is 31.2 Å². The smallest absolute Gasteiger partial charge is 0.139 e. The van der Waals surface area contributed by atoms with E-state index in [1.165, 1.54) is 6.07 Å². The van der Waals surface area contributed by atoms with Gasteiger partial charge in [0, 0.05) is 17.2 Å². The maximum atomic E-state index is 13.7. The summed E-state index contributed by atoms with van der Waals surface area (Å²) >= 11 is 9.33. The largest absolute Gasteiger partial charge is 0.340 e. The van der Waals surface area contributed by atoms with Crippen molar-refractivity contribution in [3.63, 3.8) is 0 Å². The SMILES string of the molecule is Cc1cc(Br)c(F)cc1Nc1nc(C(C)C)nc(Cl)c1C. The molecule has 2 rings (SSSR count). The van der Waals surface area contributed by atoms with E-state index < -0.39 is 0 Å². The zero-order valence-electron chi connectivity index (χ0n) is 12.3. The monoisotopic (exact) mass is 371 g/mol. The molecule has 0 saturated carbocycles. The topological polar surface area (TPSA) is 37.8 Å². The lowest BCUT2D eigenvalue weighted by molar-refractivity contribution is 0.621. The summed E-state index contributed by atoms with van der Waals surface area (Å²) in [4.78, 5) is 8.74.